The molecule has 3 rings (SSSR count). The first-order chi connectivity index (χ1) is 18.4. The SMILES string of the molecule is CC(=O)c1ccc(OCC(=O)Nc2cc(CCCS(=O)(=O)c3ccc(Br)cc3)ccc2OCC(=O)O)cc1O. The Morgan fingerprint density at radius 3 is 2.31 bits per heavy atom. The average Bonchev–Trinajstić information content (AvgIpc) is 2.87. The summed E-state index contributed by atoms with van der Waals surface area (Å²) in [7, 11) is -3.48. The molecule has 0 spiro atoms. The van der Waals surface area contributed by atoms with Crippen LogP contribution in [0.2, 0.25) is 0 Å². The van der Waals surface area contributed by atoms with E-state index >= 15 is 0 Å². The van der Waals surface area contributed by atoms with Crippen molar-refractivity contribution in [1.29, 1.82) is 0 Å². The van der Waals surface area contributed by atoms with Crippen molar-refractivity contribution in [2.24, 2.45) is 0 Å². The number of carboxylic acid groups (broad SMARTS) is 1. The number of phenolic OH excluding ortho intramolecular Hbond substituents is 1. The molecule has 206 valence electrons. The molecule has 0 radical (unpaired) electrons. The number of sulfone groups is 1. The third kappa shape index (κ3) is 8.82. The largest absolute Gasteiger partial charge is 0.507 e. The van der Waals surface area contributed by atoms with E-state index in [1.807, 2.05) is 0 Å². The highest BCUT2D eigenvalue weighted by Gasteiger charge is 2.16. The molecule has 0 aliphatic rings. The molecule has 0 saturated heterocycles. The lowest BCUT2D eigenvalue weighted by molar-refractivity contribution is -0.139. The number of nitrogens with one attached hydrogen (secondary N) is 1. The molecular formula is C27H26BrNO9S. The number of hydrogen-bond acceptors (Lipinski definition) is 8. The van der Waals surface area contributed by atoms with Crippen LogP contribution < -0.4 is 14.8 Å². The Kier molecular flexibility index (Phi) is 10.1. The third-order valence-corrected chi connectivity index (χ3v) is 7.78. The predicted octanol–water partition coefficient (Wildman–Crippen LogP) is 4.24. The van der Waals surface area contributed by atoms with Gasteiger partial charge in [0.2, 0.25) is 0 Å². The molecule has 0 aliphatic carbocycles. The highest BCUT2D eigenvalue weighted by atomic mass is 79.9. The van der Waals surface area contributed by atoms with Crippen LogP contribution in [0.1, 0.15) is 29.3 Å². The predicted molar refractivity (Wildman–Crippen MR) is 146 cm³/mol. The van der Waals surface area contributed by atoms with Gasteiger partial charge in [0.25, 0.3) is 5.91 Å². The van der Waals surface area contributed by atoms with Gasteiger partial charge in [0.1, 0.15) is 17.2 Å². The first kappa shape index (κ1) is 29.7. The summed E-state index contributed by atoms with van der Waals surface area (Å²) in [4.78, 5) is 35.2. The summed E-state index contributed by atoms with van der Waals surface area (Å²) in [5.41, 5.74) is 1.01. The lowest BCUT2D eigenvalue weighted by Crippen LogP contribution is -2.21. The number of anilines is 1. The van der Waals surface area contributed by atoms with E-state index in [9.17, 15) is 27.9 Å². The Morgan fingerprint density at radius 2 is 1.67 bits per heavy atom. The van der Waals surface area contributed by atoms with Crippen molar-refractivity contribution in [1.82, 2.24) is 0 Å². The maximum Gasteiger partial charge on any atom is 0.341 e. The van der Waals surface area contributed by atoms with Crippen molar-refractivity contribution in [3.8, 4) is 17.2 Å². The number of Topliss-reactive ketones (excluding diaryl/α,β-unsaturated/α-hetero) is 1. The molecule has 3 aromatic rings. The fourth-order valence-electron chi connectivity index (χ4n) is 3.56. The van der Waals surface area contributed by atoms with Crippen LogP contribution in [0.15, 0.2) is 70.0 Å². The van der Waals surface area contributed by atoms with Crippen molar-refractivity contribution >= 4 is 49.1 Å². The second-order valence-corrected chi connectivity index (χ2v) is 11.5. The van der Waals surface area contributed by atoms with E-state index in [0.29, 0.717) is 18.4 Å². The lowest BCUT2D eigenvalue weighted by atomic mass is 10.1. The zero-order valence-electron chi connectivity index (χ0n) is 20.8. The third-order valence-electron chi connectivity index (χ3n) is 5.44. The number of rotatable bonds is 13. The summed E-state index contributed by atoms with van der Waals surface area (Å²) in [5, 5.41) is 21.5. The zero-order chi connectivity index (χ0) is 28.6. The van der Waals surface area contributed by atoms with E-state index in [0.717, 1.165) is 4.47 Å². The van der Waals surface area contributed by atoms with E-state index in [4.69, 9.17) is 14.6 Å². The van der Waals surface area contributed by atoms with Crippen LogP contribution in [-0.4, -0.2) is 55.3 Å². The lowest BCUT2D eigenvalue weighted by Gasteiger charge is -2.14. The minimum absolute atomic E-state index is 0.0866. The van der Waals surface area contributed by atoms with Crippen LogP contribution in [0.25, 0.3) is 0 Å². The number of benzene rings is 3. The molecule has 0 unspecified atom stereocenters. The number of ether oxygens (including phenoxy) is 2. The molecule has 39 heavy (non-hydrogen) atoms. The number of amides is 1. The first-order valence-electron chi connectivity index (χ1n) is 11.7. The minimum Gasteiger partial charge on any atom is -0.507 e. The number of aliphatic carboxylic acids is 1. The van der Waals surface area contributed by atoms with Gasteiger partial charge in [-0.2, -0.15) is 0 Å². The van der Waals surface area contributed by atoms with Gasteiger partial charge in [-0.3, -0.25) is 9.59 Å². The van der Waals surface area contributed by atoms with Crippen LogP contribution in [0.5, 0.6) is 17.2 Å². The summed E-state index contributed by atoms with van der Waals surface area (Å²) in [6, 6.07) is 15.1. The zero-order valence-corrected chi connectivity index (χ0v) is 23.2. The van der Waals surface area contributed by atoms with E-state index in [2.05, 4.69) is 21.2 Å². The molecule has 3 aromatic carbocycles. The minimum atomic E-state index is -3.48. The van der Waals surface area contributed by atoms with Gasteiger partial charge >= 0.3 is 5.97 Å². The Bertz CT molecular complexity index is 1470. The van der Waals surface area contributed by atoms with Gasteiger partial charge in [-0.15, -0.1) is 0 Å². The number of carbonyl (C=O) groups is 3. The maximum absolute atomic E-state index is 12.6. The Balaban J connectivity index is 1.66. The van der Waals surface area contributed by atoms with Gasteiger partial charge < -0.3 is 25.0 Å². The van der Waals surface area contributed by atoms with Crippen molar-refractivity contribution in [2.75, 3.05) is 24.3 Å². The summed E-state index contributed by atoms with van der Waals surface area (Å²) >= 11 is 3.28. The van der Waals surface area contributed by atoms with E-state index in [1.165, 1.54) is 43.3 Å². The normalized spacial score (nSPS) is 11.0. The second-order valence-electron chi connectivity index (χ2n) is 8.46. The van der Waals surface area contributed by atoms with Crippen molar-refractivity contribution in [3.63, 3.8) is 0 Å². The summed E-state index contributed by atoms with van der Waals surface area (Å²) in [5.74, 6) is -2.21. The molecule has 3 N–H and O–H groups in total. The molecule has 0 aromatic heterocycles. The number of halogens is 1. The van der Waals surface area contributed by atoms with Crippen molar-refractivity contribution in [3.05, 3.63) is 76.3 Å². The van der Waals surface area contributed by atoms with Crippen LogP contribution >= 0.6 is 15.9 Å². The van der Waals surface area contributed by atoms with Crippen molar-refractivity contribution < 1.29 is 42.5 Å². The molecular weight excluding hydrogens is 594 g/mol. The average molecular weight is 620 g/mol. The fourth-order valence-corrected chi connectivity index (χ4v) is 5.13. The number of aromatic hydroxyl groups is 1. The van der Waals surface area contributed by atoms with E-state index in [1.54, 1.807) is 24.3 Å². The van der Waals surface area contributed by atoms with Gasteiger partial charge in [-0.05, 0) is 73.9 Å². The molecule has 0 aliphatic heterocycles. The number of carboxylic acids is 1. The Hall–Kier alpha value is -3.90. The molecule has 0 saturated carbocycles. The number of carbonyl (C=O) groups excluding carboxylic acids is 2. The number of phenols is 1. The number of aryl methyl sites for hydroxylation is 1. The summed E-state index contributed by atoms with van der Waals surface area (Å²) < 4.78 is 36.7. The smallest absolute Gasteiger partial charge is 0.341 e. The molecule has 12 heteroatoms. The quantitative estimate of drug-likeness (QED) is 0.238. The molecule has 0 heterocycles. The van der Waals surface area contributed by atoms with Crippen LogP contribution in [0.4, 0.5) is 5.69 Å². The molecule has 0 bridgehead atoms. The topological polar surface area (TPSA) is 156 Å². The molecule has 10 nitrogen and oxygen atoms in total. The highest BCUT2D eigenvalue weighted by Crippen LogP contribution is 2.28. The van der Waals surface area contributed by atoms with Crippen LogP contribution in [-0.2, 0) is 25.8 Å². The highest BCUT2D eigenvalue weighted by molar-refractivity contribution is 9.10. The summed E-state index contributed by atoms with van der Waals surface area (Å²) in [6.45, 7) is 0.224. The molecule has 1 amide bonds. The van der Waals surface area contributed by atoms with Gasteiger partial charge in [0.15, 0.2) is 28.8 Å². The van der Waals surface area contributed by atoms with E-state index < -0.39 is 34.9 Å². The summed E-state index contributed by atoms with van der Waals surface area (Å²) in [6.07, 6.45) is 0.681. The van der Waals surface area contributed by atoms with E-state index in [-0.39, 0.29) is 44.9 Å². The van der Waals surface area contributed by atoms with Gasteiger partial charge in [0, 0.05) is 10.5 Å². The Morgan fingerprint density at radius 1 is 0.949 bits per heavy atom. The maximum atomic E-state index is 12.6. The number of hydrogen-bond donors (Lipinski definition) is 3. The second kappa shape index (κ2) is 13.3. The van der Waals surface area contributed by atoms with Gasteiger partial charge in [-0.25, -0.2) is 13.2 Å². The van der Waals surface area contributed by atoms with Crippen LogP contribution in [0.3, 0.4) is 0 Å². The Labute approximate surface area is 233 Å². The molecule has 0 fully saturated rings. The monoisotopic (exact) mass is 619 g/mol. The fraction of sp³-hybridized carbons (Fsp3) is 0.222. The first-order valence-corrected chi connectivity index (χ1v) is 14.1. The standard InChI is InChI=1S/C27H26BrNO9S/c1-17(30)22-10-7-20(14-24(22)31)37-15-26(32)29-23-13-18(4-11-25(23)38-16-27(33)34)3-2-12-39(35,36)21-8-5-19(28)6-9-21/h4-11,13-14,31H,2-3,12,15-16H2,1H3,(H,29,32)(H,33,34). The van der Waals surface area contributed by atoms with Crippen LogP contribution in [0, 0.1) is 0 Å². The van der Waals surface area contributed by atoms with Crippen molar-refractivity contribution in [2.45, 2.75) is 24.7 Å². The molecule has 0 atom stereocenters. The van der Waals surface area contributed by atoms with Gasteiger partial charge in [-0.1, -0.05) is 22.0 Å². The van der Waals surface area contributed by atoms with Gasteiger partial charge in [0.05, 0.1) is 21.9 Å². The number of ketones is 1.